The molecule has 1 aliphatic heterocycles. The lowest BCUT2D eigenvalue weighted by atomic mass is 10.0. The molecule has 158 valence electrons. The van der Waals surface area contributed by atoms with Crippen LogP contribution in [0.1, 0.15) is 19.4 Å². The summed E-state index contributed by atoms with van der Waals surface area (Å²) in [5.74, 6) is -0.363. The average Bonchev–Trinajstić information content (AvgIpc) is 3.00. The number of halogens is 1. The summed E-state index contributed by atoms with van der Waals surface area (Å²) in [6, 6.07) is 9.04. The SMILES string of the molecule is CC1(C)Cc2cccc(OCC(=O)OCC(=O)Nc3ccc([N+](=O)[O-])cc3Cl)c2O1. The summed E-state index contributed by atoms with van der Waals surface area (Å²) < 4.78 is 16.2. The number of ether oxygens (including phenoxy) is 3. The molecular weight excluding hydrogens is 416 g/mol. The molecule has 2 aromatic carbocycles. The van der Waals surface area contributed by atoms with Gasteiger partial charge in [0.2, 0.25) is 0 Å². The van der Waals surface area contributed by atoms with Gasteiger partial charge in [-0.2, -0.15) is 0 Å². The topological polar surface area (TPSA) is 117 Å². The van der Waals surface area contributed by atoms with E-state index in [0.717, 1.165) is 18.1 Å². The molecular formula is C20H19ClN2O7. The maximum absolute atomic E-state index is 11.9. The number of anilines is 1. The van der Waals surface area contributed by atoms with Gasteiger partial charge < -0.3 is 19.5 Å². The monoisotopic (exact) mass is 434 g/mol. The number of carbonyl (C=O) groups is 2. The fourth-order valence-electron chi connectivity index (χ4n) is 2.93. The molecule has 9 nitrogen and oxygen atoms in total. The fraction of sp³-hybridized carbons (Fsp3) is 0.300. The third kappa shape index (κ3) is 5.18. The van der Waals surface area contributed by atoms with E-state index in [1.54, 1.807) is 6.07 Å². The van der Waals surface area contributed by atoms with Crippen molar-refractivity contribution < 1.29 is 28.7 Å². The van der Waals surface area contributed by atoms with Crippen LogP contribution >= 0.6 is 11.6 Å². The second-order valence-electron chi connectivity index (χ2n) is 7.20. The minimum Gasteiger partial charge on any atom is -0.483 e. The highest BCUT2D eigenvalue weighted by molar-refractivity contribution is 6.34. The van der Waals surface area contributed by atoms with Gasteiger partial charge in [-0.1, -0.05) is 23.7 Å². The Morgan fingerprint density at radius 1 is 1.27 bits per heavy atom. The largest absolute Gasteiger partial charge is 0.483 e. The smallest absolute Gasteiger partial charge is 0.344 e. The summed E-state index contributed by atoms with van der Waals surface area (Å²) in [4.78, 5) is 34.0. The number of hydrogen-bond acceptors (Lipinski definition) is 7. The molecule has 0 saturated carbocycles. The van der Waals surface area contributed by atoms with Crippen LogP contribution in [-0.4, -0.2) is 35.6 Å². The Morgan fingerprint density at radius 2 is 2.03 bits per heavy atom. The Hall–Kier alpha value is -3.33. The lowest BCUT2D eigenvalue weighted by molar-refractivity contribution is -0.384. The van der Waals surface area contributed by atoms with Gasteiger partial charge in [-0.3, -0.25) is 14.9 Å². The Balaban J connectivity index is 1.48. The van der Waals surface area contributed by atoms with Gasteiger partial charge >= 0.3 is 5.97 Å². The number of carbonyl (C=O) groups excluding carboxylic acids is 2. The molecule has 1 aliphatic rings. The summed E-state index contributed by atoms with van der Waals surface area (Å²) in [6.07, 6.45) is 0.732. The Bertz CT molecular complexity index is 1010. The molecule has 0 spiro atoms. The first-order valence-corrected chi connectivity index (χ1v) is 9.35. The normalized spacial score (nSPS) is 13.7. The summed E-state index contributed by atoms with van der Waals surface area (Å²) in [5, 5.41) is 13.1. The molecule has 1 heterocycles. The van der Waals surface area contributed by atoms with E-state index in [2.05, 4.69) is 5.32 Å². The van der Waals surface area contributed by atoms with Crippen molar-refractivity contribution in [2.45, 2.75) is 25.9 Å². The van der Waals surface area contributed by atoms with Gasteiger partial charge in [-0.05, 0) is 26.0 Å². The van der Waals surface area contributed by atoms with Crippen molar-refractivity contribution in [2.24, 2.45) is 0 Å². The molecule has 0 bridgehead atoms. The van der Waals surface area contributed by atoms with Crippen LogP contribution in [0.2, 0.25) is 5.02 Å². The van der Waals surface area contributed by atoms with Crippen LogP contribution in [0.3, 0.4) is 0 Å². The van der Waals surface area contributed by atoms with E-state index < -0.39 is 30.0 Å². The average molecular weight is 435 g/mol. The van der Waals surface area contributed by atoms with E-state index >= 15 is 0 Å². The van der Waals surface area contributed by atoms with Gasteiger partial charge in [0.25, 0.3) is 11.6 Å². The minimum absolute atomic E-state index is 0.00642. The van der Waals surface area contributed by atoms with Crippen LogP contribution in [0, 0.1) is 10.1 Å². The van der Waals surface area contributed by atoms with Gasteiger partial charge in [0.15, 0.2) is 24.7 Å². The molecule has 0 aliphatic carbocycles. The number of rotatable bonds is 7. The molecule has 3 rings (SSSR count). The molecule has 10 heteroatoms. The number of para-hydroxylation sites is 1. The molecule has 0 radical (unpaired) electrons. The maximum atomic E-state index is 11.9. The first-order valence-electron chi connectivity index (χ1n) is 8.98. The van der Waals surface area contributed by atoms with E-state index in [-0.39, 0.29) is 22.0 Å². The van der Waals surface area contributed by atoms with Crippen LogP contribution < -0.4 is 14.8 Å². The zero-order valence-electron chi connectivity index (χ0n) is 16.3. The summed E-state index contributed by atoms with van der Waals surface area (Å²) in [6.45, 7) is 2.96. The van der Waals surface area contributed by atoms with Gasteiger partial charge in [0.05, 0.1) is 15.6 Å². The Labute approximate surface area is 177 Å². The summed E-state index contributed by atoms with van der Waals surface area (Å²) in [5.41, 5.74) is 0.602. The van der Waals surface area contributed by atoms with Crippen LogP contribution in [0.25, 0.3) is 0 Å². The molecule has 0 unspecified atom stereocenters. The number of esters is 1. The van der Waals surface area contributed by atoms with E-state index in [4.69, 9.17) is 25.8 Å². The zero-order chi connectivity index (χ0) is 21.9. The first-order chi connectivity index (χ1) is 14.1. The predicted molar refractivity (Wildman–Crippen MR) is 108 cm³/mol. The molecule has 30 heavy (non-hydrogen) atoms. The highest BCUT2D eigenvalue weighted by atomic mass is 35.5. The maximum Gasteiger partial charge on any atom is 0.344 e. The fourth-order valence-corrected chi connectivity index (χ4v) is 3.15. The quantitative estimate of drug-likeness (QED) is 0.402. The third-order valence-electron chi connectivity index (χ3n) is 4.20. The molecule has 2 aromatic rings. The first kappa shape index (κ1) is 21.4. The molecule has 0 atom stereocenters. The summed E-state index contributed by atoms with van der Waals surface area (Å²) >= 11 is 5.91. The highest BCUT2D eigenvalue weighted by Crippen LogP contribution is 2.41. The van der Waals surface area contributed by atoms with Gasteiger partial charge in [-0.15, -0.1) is 0 Å². The highest BCUT2D eigenvalue weighted by Gasteiger charge is 2.32. The zero-order valence-corrected chi connectivity index (χ0v) is 17.0. The number of nitro benzene ring substituents is 1. The second-order valence-corrected chi connectivity index (χ2v) is 7.61. The number of nitro groups is 1. The van der Waals surface area contributed by atoms with Crippen molar-refractivity contribution in [1.82, 2.24) is 0 Å². The van der Waals surface area contributed by atoms with Crippen molar-refractivity contribution in [3.63, 3.8) is 0 Å². The van der Waals surface area contributed by atoms with Crippen molar-refractivity contribution >= 4 is 34.9 Å². The number of nitrogens with zero attached hydrogens (tertiary/aromatic N) is 1. The van der Waals surface area contributed by atoms with Gasteiger partial charge in [-0.25, -0.2) is 4.79 Å². The minimum atomic E-state index is -0.741. The second kappa shape index (κ2) is 8.58. The number of hydrogen-bond donors (Lipinski definition) is 1. The van der Waals surface area contributed by atoms with E-state index in [1.165, 1.54) is 12.1 Å². The number of benzene rings is 2. The number of non-ortho nitro benzene ring substituents is 1. The standard InChI is InChI=1S/C20H19ClN2O7/c1-20(2)9-12-4-3-5-16(19(12)30-20)28-11-18(25)29-10-17(24)22-15-7-6-13(23(26)27)8-14(15)21/h3-8H,9-11H2,1-2H3,(H,22,24). The van der Waals surface area contributed by atoms with Gasteiger partial charge in [0.1, 0.15) is 5.60 Å². The van der Waals surface area contributed by atoms with E-state index in [1.807, 2.05) is 26.0 Å². The van der Waals surface area contributed by atoms with Crippen LogP contribution in [0.5, 0.6) is 11.5 Å². The van der Waals surface area contributed by atoms with Crippen molar-refractivity contribution in [3.8, 4) is 11.5 Å². The summed E-state index contributed by atoms with van der Waals surface area (Å²) in [7, 11) is 0. The number of fused-ring (bicyclic) bond motifs is 1. The van der Waals surface area contributed by atoms with Gasteiger partial charge in [0, 0.05) is 24.1 Å². The van der Waals surface area contributed by atoms with Crippen LogP contribution in [-0.2, 0) is 20.7 Å². The van der Waals surface area contributed by atoms with E-state index in [9.17, 15) is 19.7 Å². The number of amides is 1. The molecule has 0 aromatic heterocycles. The predicted octanol–water partition coefficient (Wildman–Crippen LogP) is 3.52. The molecule has 1 N–H and O–H groups in total. The Morgan fingerprint density at radius 3 is 2.73 bits per heavy atom. The van der Waals surface area contributed by atoms with Crippen molar-refractivity contribution in [3.05, 3.63) is 57.1 Å². The third-order valence-corrected chi connectivity index (χ3v) is 4.52. The van der Waals surface area contributed by atoms with Crippen LogP contribution in [0.15, 0.2) is 36.4 Å². The lowest BCUT2D eigenvalue weighted by Gasteiger charge is -2.18. The molecule has 0 fully saturated rings. The molecule has 0 saturated heterocycles. The van der Waals surface area contributed by atoms with Crippen molar-refractivity contribution in [1.29, 1.82) is 0 Å². The lowest BCUT2D eigenvalue weighted by Crippen LogP contribution is -2.25. The van der Waals surface area contributed by atoms with Crippen LogP contribution in [0.4, 0.5) is 11.4 Å². The van der Waals surface area contributed by atoms with Crippen molar-refractivity contribution in [2.75, 3.05) is 18.5 Å². The Kier molecular flexibility index (Phi) is 6.12. The number of nitrogens with one attached hydrogen (secondary N) is 1. The van der Waals surface area contributed by atoms with E-state index in [0.29, 0.717) is 11.5 Å². The molecule has 1 amide bonds.